The number of para-hydroxylation sites is 1. The fourth-order valence-electron chi connectivity index (χ4n) is 2.62. The molecule has 17 heavy (non-hydrogen) atoms. The van der Waals surface area contributed by atoms with Gasteiger partial charge in [-0.05, 0) is 31.4 Å². The standard InChI is InChI=1S/C14H22N2.ClH/c1-11(13-9-5-6-10-14(13)15)16-12-7-3-2-4-8-12;/h5-6,9-12,16H,2-4,7-8,15H2,1H3;1H. The van der Waals surface area contributed by atoms with Gasteiger partial charge in [-0.15, -0.1) is 12.4 Å². The van der Waals surface area contributed by atoms with Crippen LogP contribution in [0.2, 0.25) is 0 Å². The minimum atomic E-state index is 0. The van der Waals surface area contributed by atoms with Crippen molar-refractivity contribution in [3.05, 3.63) is 29.8 Å². The highest BCUT2D eigenvalue weighted by molar-refractivity contribution is 5.85. The Balaban J connectivity index is 0.00000144. The predicted molar refractivity (Wildman–Crippen MR) is 76.5 cm³/mol. The smallest absolute Gasteiger partial charge is 0.0362 e. The fraction of sp³-hybridized carbons (Fsp3) is 0.571. The van der Waals surface area contributed by atoms with Crippen LogP contribution in [0.3, 0.4) is 0 Å². The Labute approximate surface area is 110 Å². The molecule has 1 saturated carbocycles. The summed E-state index contributed by atoms with van der Waals surface area (Å²) in [5.74, 6) is 0. The normalized spacial score (nSPS) is 18.4. The number of benzene rings is 1. The highest BCUT2D eigenvalue weighted by atomic mass is 35.5. The van der Waals surface area contributed by atoms with Crippen LogP contribution in [0.4, 0.5) is 5.69 Å². The molecule has 0 bridgehead atoms. The average Bonchev–Trinajstić information content (AvgIpc) is 2.31. The highest BCUT2D eigenvalue weighted by Gasteiger charge is 2.17. The Morgan fingerprint density at radius 1 is 1.18 bits per heavy atom. The number of hydrogen-bond donors (Lipinski definition) is 2. The molecule has 0 radical (unpaired) electrons. The first-order chi connectivity index (χ1) is 7.77. The summed E-state index contributed by atoms with van der Waals surface area (Å²) in [4.78, 5) is 0. The third kappa shape index (κ3) is 3.90. The maximum Gasteiger partial charge on any atom is 0.0362 e. The van der Waals surface area contributed by atoms with Gasteiger partial charge in [0.15, 0.2) is 0 Å². The van der Waals surface area contributed by atoms with Gasteiger partial charge in [0.05, 0.1) is 0 Å². The average molecular weight is 255 g/mol. The number of hydrogen-bond acceptors (Lipinski definition) is 2. The van der Waals surface area contributed by atoms with E-state index in [2.05, 4.69) is 24.4 Å². The van der Waals surface area contributed by atoms with Crippen LogP contribution in [-0.4, -0.2) is 6.04 Å². The minimum absolute atomic E-state index is 0. The van der Waals surface area contributed by atoms with Crippen molar-refractivity contribution in [1.82, 2.24) is 5.32 Å². The zero-order valence-corrected chi connectivity index (χ0v) is 11.3. The van der Waals surface area contributed by atoms with Gasteiger partial charge in [0.25, 0.3) is 0 Å². The number of halogens is 1. The molecule has 1 aliphatic rings. The van der Waals surface area contributed by atoms with Crippen molar-refractivity contribution in [2.45, 2.75) is 51.1 Å². The van der Waals surface area contributed by atoms with Gasteiger partial charge >= 0.3 is 0 Å². The molecule has 0 amide bonds. The lowest BCUT2D eigenvalue weighted by Gasteiger charge is -2.27. The second kappa shape index (κ2) is 6.87. The first kappa shape index (κ1) is 14.3. The Morgan fingerprint density at radius 2 is 1.82 bits per heavy atom. The molecular formula is C14H23ClN2. The molecule has 1 atom stereocenters. The van der Waals surface area contributed by atoms with Crippen LogP contribution in [0, 0.1) is 0 Å². The summed E-state index contributed by atoms with van der Waals surface area (Å²) in [5, 5.41) is 3.70. The zero-order chi connectivity index (χ0) is 11.4. The largest absolute Gasteiger partial charge is 0.398 e. The van der Waals surface area contributed by atoms with Gasteiger partial charge in [-0.25, -0.2) is 0 Å². The quantitative estimate of drug-likeness (QED) is 0.808. The van der Waals surface area contributed by atoms with Crippen molar-refractivity contribution in [3.8, 4) is 0 Å². The maximum atomic E-state index is 5.99. The first-order valence-electron chi connectivity index (χ1n) is 6.38. The van der Waals surface area contributed by atoms with Gasteiger partial charge in [-0.2, -0.15) is 0 Å². The molecule has 1 unspecified atom stereocenters. The number of nitrogens with two attached hydrogens (primary N) is 1. The summed E-state index contributed by atoms with van der Waals surface area (Å²) >= 11 is 0. The maximum absolute atomic E-state index is 5.99. The van der Waals surface area contributed by atoms with Crippen molar-refractivity contribution >= 4 is 18.1 Å². The van der Waals surface area contributed by atoms with E-state index in [4.69, 9.17) is 5.73 Å². The van der Waals surface area contributed by atoms with Crippen molar-refractivity contribution < 1.29 is 0 Å². The van der Waals surface area contributed by atoms with Crippen LogP contribution >= 0.6 is 12.4 Å². The van der Waals surface area contributed by atoms with Gasteiger partial charge in [0.1, 0.15) is 0 Å². The lowest BCUT2D eigenvalue weighted by molar-refractivity contribution is 0.347. The summed E-state index contributed by atoms with van der Waals surface area (Å²) in [6.07, 6.45) is 6.78. The molecule has 1 fully saturated rings. The molecule has 0 aliphatic heterocycles. The van der Waals surface area contributed by atoms with E-state index in [1.54, 1.807) is 0 Å². The predicted octanol–water partition coefficient (Wildman–Crippen LogP) is 3.67. The van der Waals surface area contributed by atoms with Crippen LogP contribution in [0.15, 0.2) is 24.3 Å². The van der Waals surface area contributed by atoms with Gasteiger partial charge in [0.2, 0.25) is 0 Å². The number of anilines is 1. The van der Waals surface area contributed by atoms with Gasteiger partial charge in [-0.3, -0.25) is 0 Å². The van der Waals surface area contributed by atoms with E-state index in [0.29, 0.717) is 12.1 Å². The van der Waals surface area contributed by atoms with E-state index in [1.807, 2.05) is 12.1 Å². The summed E-state index contributed by atoms with van der Waals surface area (Å²) in [7, 11) is 0. The van der Waals surface area contributed by atoms with Crippen molar-refractivity contribution in [1.29, 1.82) is 0 Å². The molecular weight excluding hydrogens is 232 g/mol. The number of nitrogens with one attached hydrogen (secondary N) is 1. The van der Waals surface area contributed by atoms with E-state index in [0.717, 1.165) is 5.69 Å². The van der Waals surface area contributed by atoms with Gasteiger partial charge < -0.3 is 11.1 Å². The van der Waals surface area contributed by atoms with Crippen LogP contribution in [-0.2, 0) is 0 Å². The van der Waals surface area contributed by atoms with Gasteiger partial charge in [-0.1, -0.05) is 37.5 Å². The topological polar surface area (TPSA) is 38.0 Å². The Bertz CT molecular complexity index is 335. The molecule has 2 nitrogen and oxygen atoms in total. The Hall–Kier alpha value is -0.730. The zero-order valence-electron chi connectivity index (χ0n) is 10.5. The monoisotopic (exact) mass is 254 g/mol. The summed E-state index contributed by atoms with van der Waals surface area (Å²) in [6.45, 7) is 2.21. The lowest BCUT2D eigenvalue weighted by Crippen LogP contribution is -2.33. The summed E-state index contributed by atoms with van der Waals surface area (Å²) in [5.41, 5.74) is 8.12. The molecule has 1 aromatic carbocycles. The summed E-state index contributed by atoms with van der Waals surface area (Å²) < 4.78 is 0. The lowest BCUT2D eigenvalue weighted by atomic mass is 9.94. The van der Waals surface area contributed by atoms with Crippen molar-refractivity contribution in [3.63, 3.8) is 0 Å². The molecule has 96 valence electrons. The SMILES string of the molecule is CC(NC1CCCCC1)c1ccccc1N.Cl. The van der Waals surface area contributed by atoms with Crippen LogP contribution in [0.1, 0.15) is 50.6 Å². The third-order valence-corrected chi connectivity index (χ3v) is 3.55. The van der Waals surface area contributed by atoms with Crippen LogP contribution < -0.4 is 11.1 Å². The minimum Gasteiger partial charge on any atom is -0.398 e. The Kier molecular flexibility index (Phi) is 5.79. The second-order valence-corrected chi connectivity index (χ2v) is 4.85. The van der Waals surface area contributed by atoms with E-state index in [1.165, 1.54) is 37.7 Å². The molecule has 1 aromatic rings. The fourth-order valence-corrected chi connectivity index (χ4v) is 2.62. The first-order valence-corrected chi connectivity index (χ1v) is 6.38. The van der Waals surface area contributed by atoms with Crippen molar-refractivity contribution in [2.24, 2.45) is 0 Å². The van der Waals surface area contributed by atoms with Crippen LogP contribution in [0.5, 0.6) is 0 Å². The molecule has 0 heterocycles. The van der Waals surface area contributed by atoms with Crippen LogP contribution in [0.25, 0.3) is 0 Å². The van der Waals surface area contributed by atoms with Crippen molar-refractivity contribution in [2.75, 3.05) is 5.73 Å². The van der Waals surface area contributed by atoms with E-state index in [-0.39, 0.29) is 12.4 Å². The Morgan fingerprint density at radius 3 is 2.47 bits per heavy atom. The van der Waals surface area contributed by atoms with Gasteiger partial charge in [0, 0.05) is 17.8 Å². The second-order valence-electron chi connectivity index (χ2n) is 4.85. The molecule has 0 aromatic heterocycles. The van der Waals surface area contributed by atoms with E-state index < -0.39 is 0 Å². The molecule has 2 rings (SSSR count). The van der Waals surface area contributed by atoms with E-state index in [9.17, 15) is 0 Å². The number of rotatable bonds is 3. The number of nitrogen functional groups attached to an aromatic ring is 1. The van der Waals surface area contributed by atoms with E-state index >= 15 is 0 Å². The molecule has 1 aliphatic carbocycles. The molecule has 0 spiro atoms. The molecule has 0 saturated heterocycles. The molecule has 3 heteroatoms. The summed E-state index contributed by atoms with van der Waals surface area (Å²) in [6, 6.07) is 9.20. The highest BCUT2D eigenvalue weighted by Crippen LogP contribution is 2.24. The molecule has 3 N–H and O–H groups in total. The third-order valence-electron chi connectivity index (χ3n) is 3.55.